The molecule has 1 N–H and O–H groups in total. The second-order valence-electron chi connectivity index (χ2n) is 6.07. The number of halogens is 1. The highest BCUT2D eigenvalue weighted by molar-refractivity contribution is 9.10. The van der Waals surface area contributed by atoms with E-state index in [2.05, 4.69) is 26.3 Å². The number of amides is 1. The Morgan fingerprint density at radius 2 is 2.00 bits per heavy atom. The molecule has 0 saturated heterocycles. The summed E-state index contributed by atoms with van der Waals surface area (Å²) in [5, 5.41) is 7.18. The summed E-state index contributed by atoms with van der Waals surface area (Å²) < 4.78 is 8.51. The summed E-state index contributed by atoms with van der Waals surface area (Å²) in [4.78, 5) is 12.5. The molecule has 2 aromatic carbocycles. The van der Waals surface area contributed by atoms with Gasteiger partial charge in [0.2, 0.25) is 0 Å². The fourth-order valence-electron chi connectivity index (χ4n) is 2.50. The van der Waals surface area contributed by atoms with Crippen molar-refractivity contribution in [3.8, 4) is 5.75 Å². The van der Waals surface area contributed by atoms with Crippen molar-refractivity contribution in [3.05, 3.63) is 76.4 Å². The van der Waals surface area contributed by atoms with Crippen LogP contribution >= 0.6 is 15.9 Å². The van der Waals surface area contributed by atoms with Gasteiger partial charge in [-0.3, -0.25) is 4.79 Å². The summed E-state index contributed by atoms with van der Waals surface area (Å²) in [5.74, 6) is 1.10. The molecule has 5 nitrogen and oxygen atoms in total. The molecule has 0 bridgehead atoms. The predicted octanol–water partition coefficient (Wildman–Crippen LogP) is 4.41. The topological polar surface area (TPSA) is 56.1 Å². The van der Waals surface area contributed by atoms with Crippen LogP contribution in [0.1, 0.15) is 18.1 Å². The molecule has 3 aromatic rings. The number of anilines is 1. The molecule has 1 amide bonds. The number of aromatic nitrogens is 2. The number of hydrogen-bond acceptors (Lipinski definition) is 3. The van der Waals surface area contributed by atoms with Crippen molar-refractivity contribution in [2.45, 2.75) is 26.5 Å². The zero-order valence-electron chi connectivity index (χ0n) is 14.6. The molecule has 1 aromatic heterocycles. The number of hydrogen-bond donors (Lipinski definition) is 1. The first-order chi connectivity index (χ1) is 12.5. The minimum atomic E-state index is -0.618. The molecular formula is C20H20BrN3O2. The summed E-state index contributed by atoms with van der Waals surface area (Å²) in [6.07, 6.45) is 1.05. The van der Waals surface area contributed by atoms with Gasteiger partial charge < -0.3 is 10.1 Å². The fourth-order valence-corrected chi connectivity index (χ4v) is 2.77. The monoisotopic (exact) mass is 413 g/mol. The van der Waals surface area contributed by atoms with Gasteiger partial charge in [-0.15, -0.1) is 0 Å². The van der Waals surface area contributed by atoms with E-state index >= 15 is 0 Å². The molecule has 3 rings (SSSR count). The van der Waals surface area contributed by atoms with Crippen LogP contribution in [0.25, 0.3) is 0 Å². The molecule has 0 unspecified atom stereocenters. The minimum absolute atomic E-state index is 0.218. The average molecular weight is 414 g/mol. The van der Waals surface area contributed by atoms with Crippen LogP contribution < -0.4 is 10.1 Å². The first kappa shape index (κ1) is 18.2. The summed E-state index contributed by atoms with van der Waals surface area (Å²) in [7, 11) is 0. The van der Waals surface area contributed by atoms with E-state index in [1.165, 1.54) is 0 Å². The maximum absolute atomic E-state index is 12.5. The van der Waals surface area contributed by atoms with E-state index in [1.807, 2.05) is 55.5 Å². The molecular weight excluding hydrogens is 394 g/mol. The number of carbonyl (C=O) groups excluding carboxylic acids is 1. The van der Waals surface area contributed by atoms with Crippen LogP contribution in [0.2, 0.25) is 0 Å². The van der Waals surface area contributed by atoms with Gasteiger partial charge in [0, 0.05) is 10.5 Å². The highest BCUT2D eigenvalue weighted by Gasteiger charge is 2.17. The van der Waals surface area contributed by atoms with Crippen molar-refractivity contribution in [1.82, 2.24) is 9.78 Å². The fraction of sp³-hybridized carbons (Fsp3) is 0.200. The maximum atomic E-state index is 12.5. The van der Waals surface area contributed by atoms with Gasteiger partial charge in [0.1, 0.15) is 11.6 Å². The molecule has 1 atom stereocenters. The van der Waals surface area contributed by atoms with Crippen LogP contribution in [-0.4, -0.2) is 21.8 Å². The van der Waals surface area contributed by atoms with Crippen molar-refractivity contribution in [1.29, 1.82) is 0 Å². The Morgan fingerprint density at radius 3 is 2.73 bits per heavy atom. The van der Waals surface area contributed by atoms with Crippen molar-refractivity contribution in [3.63, 3.8) is 0 Å². The van der Waals surface area contributed by atoms with Crippen molar-refractivity contribution >= 4 is 27.7 Å². The van der Waals surface area contributed by atoms with Gasteiger partial charge in [-0.05, 0) is 49.2 Å². The maximum Gasteiger partial charge on any atom is 0.266 e. The molecule has 26 heavy (non-hydrogen) atoms. The summed E-state index contributed by atoms with van der Waals surface area (Å²) in [6, 6.07) is 17.4. The lowest BCUT2D eigenvalue weighted by molar-refractivity contribution is -0.122. The molecule has 0 spiro atoms. The standard InChI is InChI=1S/C20H20BrN3O2/c1-14-4-3-5-18(12-14)26-15(2)20(25)23-19-10-11-22-24(19)13-16-6-8-17(21)9-7-16/h3-12,15H,13H2,1-2H3,(H,23,25)/t15-/m0/s1. The third-order valence-corrected chi connectivity index (χ3v) is 4.41. The van der Waals surface area contributed by atoms with E-state index in [1.54, 1.807) is 23.9 Å². The van der Waals surface area contributed by atoms with Gasteiger partial charge in [0.05, 0.1) is 12.7 Å². The number of nitrogens with zero attached hydrogens (tertiary/aromatic N) is 2. The number of ether oxygens (including phenoxy) is 1. The van der Waals surface area contributed by atoms with Crippen molar-refractivity contribution < 1.29 is 9.53 Å². The van der Waals surface area contributed by atoms with Crippen LogP contribution in [0.5, 0.6) is 5.75 Å². The number of benzene rings is 2. The van der Waals surface area contributed by atoms with Crippen LogP contribution in [0.15, 0.2) is 65.3 Å². The van der Waals surface area contributed by atoms with E-state index < -0.39 is 6.10 Å². The zero-order valence-corrected chi connectivity index (χ0v) is 16.2. The molecule has 1 heterocycles. The van der Waals surface area contributed by atoms with Gasteiger partial charge >= 0.3 is 0 Å². The van der Waals surface area contributed by atoms with Gasteiger partial charge in [-0.1, -0.05) is 40.2 Å². The summed E-state index contributed by atoms with van der Waals surface area (Å²) in [5.41, 5.74) is 2.18. The Balaban J connectivity index is 1.64. The largest absolute Gasteiger partial charge is 0.481 e. The second-order valence-corrected chi connectivity index (χ2v) is 6.98. The zero-order chi connectivity index (χ0) is 18.5. The first-order valence-electron chi connectivity index (χ1n) is 8.32. The smallest absolute Gasteiger partial charge is 0.266 e. The van der Waals surface area contributed by atoms with Crippen molar-refractivity contribution in [2.75, 3.05) is 5.32 Å². The minimum Gasteiger partial charge on any atom is -0.481 e. The SMILES string of the molecule is Cc1cccc(O[C@@H](C)C(=O)Nc2ccnn2Cc2ccc(Br)cc2)c1. The normalized spacial score (nSPS) is 11.8. The summed E-state index contributed by atoms with van der Waals surface area (Å²) >= 11 is 3.42. The molecule has 0 aliphatic rings. The second kappa shape index (κ2) is 8.19. The molecule has 134 valence electrons. The first-order valence-corrected chi connectivity index (χ1v) is 9.11. The Morgan fingerprint density at radius 1 is 1.23 bits per heavy atom. The lowest BCUT2D eigenvalue weighted by Gasteiger charge is -2.16. The Labute approximate surface area is 161 Å². The van der Waals surface area contributed by atoms with E-state index in [9.17, 15) is 4.79 Å². The van der Waals surface area contributed by atoms with E-state index in [0.717, 1.165) is 15.6 Å². The Bertz CT molecular complexity index is 890. The third kappa shape index (κ3) is 4.73. The quantitative estimate of drug-likeness (QED) is 0.650. The van der Waals surface area contributed by atoms with Crippen LogP contribution in [0.4, 0.5) is 5.82 Å². The molecule has 0 fully saturated rings. The number of aryl methyl sites for hydroxylation is 1. The van der Waals surface area contributed by atoms with E-state index in [4.69, 9.17) is 4.74 Å². The molecule has 0 saturated carbocycles. The molecule has 0 aliphatic heterocycles. The van der Waals surface area contributed by atoms with Gasteiger partial charge in [0.15, 0.2) is 6.10 Å². The van der Waals surface area contributed by atoms with Gasteiger partial charge in [-0.2, -0.15) is 5.10 Å². The van der Waals surface area contributed by atoms with Crippen LogP contribution in [0, 0.1) is 6.92 Å². The van der Waals surface area contributed by atoms with Crippen LogP contribution in [0.3, 0.4) is 0 Å². The van der Waals surface area contributed by atoms with Gasteiger partial charge in [-0.25, -0.2) is 4.68 Å². The number of nitrogens with one attached hydrogen (secondary N) is 1. The van der Waals surface area contributed by atoms with Gasteiger partial charge in [0.25, 0.3) is 5.91 Å². The Kier molecular flexibility index (Phi) is 5.73. The lowest BCUT2D eigenvalue weighted by atomic mass is 10.2. The van der Waals surface area contributed by atoms with E-state index in [0.29, 0.717) is 18.1 Å². The predicted molar refractivity (Wildman–Crippen MR) is 105 cm³/mol. The highest BCUT2D eigenvalue weighted by Crippen LogP contribution is 2.16. The summed E-state index contributed by atoms with van der Waals surface area (Å²) in [6.45, 7) is 4.29. The average Bonchev–Trinajstić information content (AvgIpc) is 3.03. The molecule has 0 aliphatic carbocycles. The van der Waals surface area contributed by atoms with E-state index in [-0.39, 0.29) is 5.91 Å². The number of rotatable bonds is 6. The highest BCUT2D eigenvalue weighted by atomic mass is 79.9. The lowest BCUT2D eigenvalue weighted by Crippen LogP contribution is -2.31. The number of carbonyl (C=O) groups is 1. The molecule has 6 heteroatoms. The van der Waals surface area contributed by atoms with Crippen molar-refractivity contribution in [2.24, 2.45) is 0 Å². The Hall–Kier alpha value is -2.60. The van der Waals surface area contributed by atoms with Crippen LogP contribution in [-0.2, 0) is 11.3 Å². The third-order valence-electron chi connectivity index (χ3n) is 3.89. The molecule has 0 radical (unpaired) electrons.